The Morgan fingerprint density at radius 2 is 1.77 bits per heavy atom. The molecule has 1 N–H and O–H groups in total. The molecule has 2 aromatic rings. The third-order valence-electron chi connectivity index (χ3n) is 5.95. The molecule has 1 fully saturated rings. The number of hydrogen-bond acceptors (Lipinski definition) is 2. The summed E-state index contributed by atoms with van der Waals surface area (Å²) in [6, 6.07) is 9.10. The first-order chi connectivity index (χ1) is 14.1. The van der Waals surface area contributed by atoms with Crippen LogP contribution in [0.25, 0.3) is 10.8 Å². The zero-order valence-corrected chi connectivity index (χ0v) is 18.0. The molecular weight excluding hydrogens is 389 g/mol. The van der Waals surface area contributed by atoms with Crippen molar-refractivity contribution in [3.05, 3.63) is 47.5 Å². The SMILES string of the molecule is CCCCCCCc1c([C@H](N2CC(C)(C)C(=O)N2)C(F)(F)F)ccc2ccccc12. The number of carbonyl (C=O) groups is 1. The summed E-state index contributed by atoms with van der Waals surface area (Å²) in [4.78, 5) is 12.2. The van der Waals surface area contributed by atoms with E-state index in [2.05, 4.69) is 12.3 Å². The quantitative estimate of drug-likeness (QED) is 0.506. The highest BCUT2D eigenvalue weighted by Gasteiger charge is 2.51. The van der Waals surface area contributed by atoms with Gasteiger partial charge in [0.05, 0.1) is 5.41 Å². The summed E-state index contributed by atoms with van der Waals surface area (Å²) in [7, 11) is 0. The number of unbranched alkanes of at least 4 members (excludes halogenated alkanes) is 4. The first kappa shape index (κ1) is 22.6. The number of alkyl halides is 3. The summed E-state index contributed by atoms with van der Waals surface area (Å²) in [6.07, 6.45) is 1.30. The highest BCUT2D eigenvalue weighted by Crippen LogP contribution is 2.43. The smallest absolute Gasteiger partial charge is 0.287 e. The molecule has 1 aliphatic rings. The Morgan fingerprint density at radius 3 is 2.40 bits per heavy atom. The molecular formula is C24H31F3N2O. The van der Waals surface area contributed by atoms with Gasteiger partial charge >= 0.3 is 6.18 Å². The number of nitrogens with zero attached hydrogens (tertiary/aromatic N) is 1. The van der Waals surface area contributed by atoms with Crippen LogP contribution >= 0.6 is 0 Å². The van der Waals surface area contributed by atoms with Gasteiger partial charge in [-0.2, -0.15) is 13.2 Å². The Balaban J connectivity index is 2.02. The second-order valence-electron chi connectivity index (χ2n) is 8.92. The average molecular weight is 421 g/mol. The van der Waals surface area contributed by atoms with Gasteiger partial charge in [-0.05, 0) is 48.6 Å². The molecule has 2 aromatic carbocycles. The van der Waals surface area contributed by atoms with Crippen LogP contribution in [0.5, 0.6) is 0 Å². The molecule has 0 radical (unpaired) electrons. The van der Waals surface area contributed by atoms with Crippen molar-refractivity contribution in [1.29, 1.82) is 0 Å². The Kier molecular flexibility index (Phi) is 6.75. The Morgan fingerprint density at radius 1 is 1.07 bits per heavy atom. The van der Waals surface area contributed by atoms with Crippen molar-refractivity contribution in [3.8, 4) is 0 Å². The first-order valence-electron chi connectivity index (χ1n) is 10.8. The van der Waals surface area contributed by atoms with Crippen molar-refractivity contribution in [2.75, 3.05) is 6.54 Å². The van der Waals surface area contributed by atoms with Gasteiger partial charge in [0.2, 0.25) is 5.91 Å². The van der Waals surface area contributed by atoms with Crippen LogP contribution in [0.2, 0.25) is 0 Å². The normalized spacial score (nSPS) is 18.0. The highest BCUT2D eigenvalue weighted by molar-refractivity contribution is 5.87. The lowest BCUT2D eigenvalue weighted by atomic mass is 9.89. The number of hydrogen-bond donors (Lipinski definition) is 1. The number of aryl methyl sites for hydroxylation is 1. The van der Waals surface area contributed by atoms with Crippen LogP contribution in [0.15, 0.2) is 36.4 Å². The maximum Gasteiger partial charge on any atom is 0.409 e. The molecule has 1 amide bonds. The van der Waals surface area contributed by atoms with E-state index in [0.29, 0.717) is 6.42 Å². The summed E-state index contributed by atoms with van der Waals surface area (Å²) >= 11 is 0. The van der Waals surface area contributed by atoms with Crippen LogP contribution in [0.3, 0.4) is 0 Å². The zero-order chi connectivity index (χ0) is 21.9. The second-order valence-corrected chi connectivity index (χ2v) is 8.92. The maximum atomic E-state index is 14.3. The van der Waals surface area contributed by atoms with Gasteiger partial charge < -0.3 is 0 Å². The molecule has 164 valence electrons. The van der Waals surface area contributed by atoms with E-state index < -0.39 is 17.6 Å². The Hall–Kier alpha value is -2.08. The molecule has 0 spiro atoms. The fourth-order valence-corrected chi connectivity index (χ4v) is 4.29. The van der Waals surface area contributed by atoms with Crippen molar-refractivity contribution in [2.45, 2.75) is 71.5 Å². The predicted molar refractivity (Wildman–Crippen MR) is 114 cm³/mol. The standard InChI is InChI=1S/C24H31F3N2O/c1-4-5-6-7-8-13-19-18-12-10-9-11-17(18)14-15-20(19)21(24(25,26)27)29-16-23(2,3)22(30)28-29/h9-12,14-15,21H,4-8,13,16H2,1-3H3,(H,28,30)/t21-/m0/s1. The largest absolute Gasteiger partial charge is 0.409 e. The van der Waals surface area contributed by atoms with Crippen LogP contribution in [-0.4, -0.2) is 23.6 Å². The summed E-state index contributed by atoms with van der Waals surface area (Å²) in [6.45, 7) is 5.50. The second kappa shape index (κ2) is 8.96. The van der Waals surface area contributed by atoms with Gasteiger partial charge in [-0.1, -0.05) is 69.0 Å². The van der Waals surface area contributed by atoms with E-state index in [-0.39, 0.29) is 18.0 Å². The van der Waals surface area contributed by atoms with Gasteiger partial charge in [-0.25, -0.2) is 5.01 Å². The van der Waals surface area contributed by atoms with Gasteiger partial charge in [0.15, 0.2) is 0 Å². The Labute approximate surface area is 176 Å². The number of nitrogens with one attached hydrogen (secondary N) is 1. The number of fused-ring (bicyclic) bond motifs is 1. The minimum atomic E-state index is -4.51. The lowest BCUT2D eigenvalue weighted by molar-refractivity contribution is -0.191. The van der Waals surface area contributed by atoms with Crippen molar-refractivity contribution in [3.63, 3.8) is 0 Å². The van der Waals surface area contributed by atoms with Crippen LogP contribution < -0.4 is 5.43 Å². The molecule has 1 saturated heterocycles. The molecule has 0 unspecified atom stereocenters. The highest BCUT2D eigenvalue weighted by atomic mass is 19.4. The van der Waals surface area contributed by atoms with E-state index in [1.807, 2.05) is 24.3 Å². The maximum absolute atomic E-state index is 14.3. The fourth-order valence-electron chi connectivity index (χ4n) is 4.29. The van der Waals surface area contributed by atoms with Gasteiger partial charge in [0.1, 0.15) is 6.04 Å². The molecule has 1 heterocycles. The monoisotopic (exact) mass is 420 g/mol. The molecule has 0 saturated carbocycles. The van der Waals surface area contributed by atoms with Crippen molar-refractivity contribution in [1.82, 2.24) is 10.4 Å². The van der Waals surface area contributed by atoms with Gasteiger partial charge in [-0.3, -0.25) is 10.2 Å². The van der Waals surface area contributed by atoms with E-state index >= 15 is 0 Å². The number of amides is 1. The van der Waals surface area contributed by atoms with Gasteiger partial charge in [0, 0.05) is 6.54 Å². The number of rotatable bonds is 8. The van der Waals surface area contributed by atoms with Crippen molar-refractivity contribution >= 4 is 16.7 Å². The first-order valence-corrected chi connectivity index (χ1v) is 10.8. The lowest BCUT2D eigenvalue weighted by Gasteiger charge is -2.32. The average Bonchev–Trinajstić information content (AvgIpc) is 2.93. The van der Waals surface area contributed by atoms with Crippen molar-refractivity contribution < 1.29 is 18.0 Å². The van der Waals surface area contributed by atoms with Gasteiger partial charge in [-0.15, -0.1) is 0 Å². The van der Waals surface area contributed by atoms with E-state index in [4.69, 9.17) is 0 Å². The minimum absolute atomic E-state index is 0.0127. The van der Waals surface area contributed by atoms with Crippen molar-refractivity contribution in [2.24, 2.45) is 5.41 Å². The molecule has 0 aromatic heterocycles. The van der Waals surface area contributed by atoms with E-state index in [9.17, 15) is 18.0 Å². The third-order valence-corrected chi connectivity index (χ3v) is 5.95. The number of benzene rings is 2. The molecule has 0 aliphatic carbocycles. The summed E-state index contributed by atoms with van der Waals surface area (Å²) in [5, 5.41) is 2.88. The summed E-state index contributed by atoms with van der Waals surface area (Å²) in [5.74, 6) is -0.376. The molecule has 1 atom stereocenters. The number of hydrazine groups is 1. The zero-order valence-electron chi connectivity index (χ0n) is 18.0. The Bertz CT molecular complexity index is 892. The summed E-state index contributed by atoms with van der Waals surface area (Å²) in [5.41, 5.74) is 2.61. The molecule has 3 rings (SSSR count). The topological polar surface area (TPSA) is 32.3 Å². The number of halogens is 3. The minimum Gasteiger partial charge on any atom is -0.287 e. The van der Waals surface area contributed by atoms with E-state index in [1.165, 1.54) is 0 Å². The fraction of sp³-hybridized carbons (Fsp3) is 0.542. The van der Waals surface area contributed by atoms with Crippen LogP contribution in [0, 0.1) is 5.41 Å². The molecule has 3 nitrogen and oxygen atoms in total. The van der Waals surface area contributed by atoms with Crippen LogP contribution in [0.1, 0.15) is 70.0 Å². The lowest BCUT2D eigenvalue weighted by Crippen LogP contribution is -2.44. The van der Waals surface area contributed by atoms with E-state index in [0.717, 1.165) is 53.4 Å². The molecule has 6 heteroatoms. The predicted octanol–water partition coefficient (Wildman–Crippen LogP) is 6.33. The molecule has 30 heavy (non-hydrogen) atoms. The number of carbonyl (C=O) groups excluding carboxylic acids is 1. The van der Waals surface area contributed by atoms with E-state index in [1.54, 1.807) is 26.0 Å². The van der Waals surface area contributed by atoms with Gasteiger partial charge in [0.25, 0.3) is 0 Å². The summed E-state index contributed by atoms with van der Waals surface area (Å²) < 4.78 is 42.9. The molecule has 1 aliphatic heterocycles. The molecule has 0 bridgehead atoms. The van der Waals surface area contributed by atoms with Crippen LogP contribution in [-0.2, 0) is 11.2 Å². The third kappa shape index (κ3) is 4.80. The van der Waals surface area contributed by atoms with Crippen LogP contribution in [0.4, 0.5) is 13.2 Å².